The van der Waals surface area contributed by atoms with E-state index in [9.17, 15) is 9.18 Å². The minimum absolute atomic E-state index is 0.149. The van der Waals surface area contributed by atoms with Gasteiger partial charge in [0, 0.05) is 12.1 Å². The average molecular weight is 344 g/mol. The van der Waals surface area contributed by atoms with E-state index < -0.39 is 5.82 Å². The molecule has 1 aromatic carbocycles. The van der Waals surface area contributed by atoms with Gasteiger partial charge in [0.2, 0.25) is 5.91 Å². The zero-order chi connectivity index (χ0) is 17.3. The van der Waals surface area contributed by atoms with Gasteiger partial charge in [-0.25, -0.2) is 9.07 Å². The number of halogens is 1. The molecule has 7 nitrogen and oxygen atoms in total. The molecular weight excluding hydrogens is 323 g/mol. The van der Waals surface area contributed by atoms with Crippen LogP contribution in [0.3, 0.4) is 0 Å². The number of likely N-dealkylation sites (tertiary alicyclic amines) is 1. The van der Waals surface area contributed by atoms with Crippen LogP contribution < -0.4 is 5.32 Å². The molecule has 2 aromatic rings. The summed E-state index contributed by atoms with van der Waals surface area (Å²) in [6, 6.07) is 4.41. The maximum Gasteiger partial charge on any atom is 0.238 e. The third kappa shape index (κ3) is 3.13. The van der Waals surface area contributed by atoms with Crippen molar-refractivity contribution < 1.29 is 9.18 Å². The SMILES string of the molecule is O=C(CN1CCC12CCCCC2)Nc1cc(-n2cnnn2)ccc1F. The third-order valence-electron chi connectivity index (χ3n) is 5.47. The van der Waals surface area contributed by atoms with Crippen molar-refractivity contribution in [2.24, 2.45) is 0 Å². The molecule has 1 aromatic heterocycles. The highest BCUT2D eigenvalue weighted by atomic mass is 19.1. The van der Waals surface area contributed by atoms with E-state index in [-0.39, 0.29) is 17.1 Å². The zero-order valence-corrected chi connectivity index (χ0v) is 14.0. The molecule has 0 unspecified atom stereocenters. The summed E-state index contributed by atoms with van der Waals surface area (Å²) in [6.07, 6.45) is 8.69. The predicted octanol–water partition coefficient (Wildman–Crippen LogP) is 2.15. The van der Waals surface area contributed by atoms with Crippen LogP contribution in [0.25, 0.3) is 5.69 Å². The molecule has 0 bridgehead atoms. The lowest BCUT2D eigenvalue weighted by Crippen LogP contribution is -2.62. The Balaban J connectivity index is 1.43. The third-order valence-corrected chi connectivity index (χ3v) is 5.47. The Morgan fingerprint density at radius 3 is 2.76 bits per heavy atom. The number of carbonyl (C=O) groups is 1. The summed E-state index contributed by atoms with van der Waals surface area (Å²) in [5.41, 5.74) is 0.952. The van der Waals surface area contributed by atoms with Crippen LogP contribution in [-0.4, -0.2) is 49.6 Å². The molecule has 8 heteroatoms. The Morgan fingerprint density at radius 2 is 2.08 bits per heavy atom. The van der Waals surface area contributed by atoms with Crippen LogP contribution in [-0.2, 0) is 4.79 Å². The number of anilines is 1. The molecule has 4 rings (SSSR count). The summed E-state index contributed by atoms with van der Waals surface area (Å²) in [4.78, 5) is 14.7. The maximum absolute atomic E-state index is 14.1. The number of benzene rings is 1. The van der Waals surface area contributed by atoms with Crippen molar-refractivity contribution in [2.75, 3.05) is 18.4 Å². The van der Waals surface area contributed by atoms with Crippen LogP contribution in [0.2, 0.25) is 0 Å². The summed E-state index contributed by atoms with van der Waals surface area (Å²) < 4.78 is 15.5. The summed E-state index contributed by atoms with van der Waals surface area (Å²) >= 11 is 0. The van der Waals surface area contributed by atoms with Crippen molar-refractivity contribution in [1.29, 1.82) is 0 Å². The van der Waals surface area contributed by atoms with Gasteiger partial charge in [0.1, 0.15) is 12.1 Å². The topological polar surface area (TPSA) is 75.9 Å². The number of tetrazole rings is 1. The number of rotatable bonds is 4. The molecule has 2 aliphatic rings. The van der Waals surface area contributed by atoms with Gasteiger partial charge in [-0.2, -0.15) is 0 Å². The van der Waals surface area contributed by atoms with E-state index in [1.165, 1.54) is 61.7 Å². The number of nitrogens with zero attached hydrogens (tertiary/aromatic N) is 5. The first-order valence-electron chi connectivity index (χ1n) is 8.74. The van der Waals surface area contributed by atoms with Crippen molar-refractivity contribution in [3.63, 3.8) is 0 Å². The minimum Gasteiger partial charge on any atom is -0.322 e. The monoisotopic (exact) mass is 344 g/mol. The summed E-state index contributed by atoms with van der Waals surface area (Å²) in [6.45, 7) is 1.26. The Kier molecular flexibility index (Phi) is 4.20. The number of hydrogen-bond donors (Lipinski definition) is 1. The first-order valence-corrected chi connectivity index (χ1v) is 8.74. The van der Waals surface area contributed by atoms with E-state index in [0.717, 1.165) is 6.54 Å². The predicted molar refractivity (Wildman–Crippen MR) is 89.7 cm³/mol. The van der Waals surface area contributed by atoms with E-state index in [1.54, 1.807) is 6.07 Å². The minimum atomic E-state index is -0.471. The van der Waals surface area contributed by atoms with Gasteiger partial charge < -0.3 is 5.32 Å². The molecule has 1 aliphatic heterocycles. The lowest BCUT2D eigenvalue weighted by Gasteiger charge is -2.55. The number of aromatic nitrogens is 4. The molecule has 25 heavy (non-hydrogen) atoms. The molecule has 1 spiro atoms. The molecule has 1 N–H and O–H groups in total. The zero-order valence-electron chi connectivity index (χ0n) is 14.0. The number of carbonyl (C=O) groups excluding carboxylic acids is 1. The van der Waals surface area contributed by atoms with Gasteiger partial charge in [-0.3, -0.25) is 9.69 Å². The van der Waals surface area contributed by atoms with Crippen LogP contribution in [0.15, 0.2) is 24.5 Å². The van der Waals surface area contributed by atoms with Gasteiger partial charge in [-0.1, -0.05) is 19.3 Å². The molecule has 1 amide bonds. The van der Waals surface area contributed by atoms with E-state index in [1.807, 2.05) is 0 Å². The van der Waals surface area contributed by atoms with Crippen LogP contribution >= 0.6 is 0 Å². The smallest absolute Gasteiger partial charge is 0.238 e. The van der Waals surface area contributed by atoms with Crippen molar-refractivity contribution in [2.45, 2.75) is 44.1 Å². The molecule has 1 saturated heterocycles. The van der Waals surface area contributed by atoms with Gasteiger partial charge in [-0.05, 0) is 47.9 Å². The normalized spacial score (nSPS) is 19.6. The number of hydrogen-bond acceptors (Lipinski definition) is 5. The lowest BCUT2D eigenvalue weighted by molar-refractivity contribution is -0.124. The highest BCUT2D eigenvalue weighted by molar-refractivity contribution is 5.92. The van der Waals surface area contributed by atoms with Crippen LogP contribution in [0.4, 0.5) is 10.1 Å². The van der Waals surface area contributed by atoms with Crippen molar-refractivity contribution >= 4 is 11.6 Å². The Morgan fingerprint density at radius 1 is 1.24 bits per heavy atom. The van der Waals surface area contributed by atoms with Gasteiger partial charge in [0.15, 0.2) is 0 Å². The summed E-state index contributed by atoms with van der Waals surface area (Å²) in [5.74, 6) is -0.654. The number of amides is 1. The fraction of sp³-hybridized carbons (Fsp3) is 0.529. The Bertz CT molecular complexity index is 757. The van der Waals surface area contributed by atoms with E-state index in [0.29, 0.717) is 12.2 Å². The van der Waals surface area contributed by atoms with Gasteiger partial charge >= 0.3 is 0 Å². The molecule has 2 fully saturated rings. The fourth-order valence-corrected chi connectivity index (χ4v) is 4.00. The average Bonchev–Trinajstić information content (AvgIpc) is 3.16. The quantitative estimate of drug-likeness (QED) is 0.920. The van der Waals surface area contributed by atoms with Gasteiger partial charge in [0.25, 0.3) is 0 Å². The van der Waals surface area contributed by atoms with Crippen molar-refractivity contribution in [3.8, 4) is 5.69 Å². The molecule has 0 atom stereocenters. The van der Waals surface area contributed by atoms with Crippen LogP contribution in [0.5, 0.6) is 0 Å². The van der Waals surface area contributed by atoms with Crippen molar-refractivity contribution in [3.05, 3.63) is 30.3 Å². The van der Waals surface area contributed by atoms with Gasteiger partial charge in [0.05, 0.1) is 17.9 Å². The Labute approximate surface area is 145 Å². The second kappa shape index (κ2) is 6.51. The van der Waals surface area contributed by atoms with E-state index >= 15 is 0 Å². The van der Waals surface area contributed by atoms with Crippen LogP contribution in [0.1, 0.15) is 38.5 Å². The van der Waals surface area contributed by atoms with Crippen LogP contribution in [0, 0.1) is 5.82 Å². The number of nitrogens with one attached hydrogen (secondary N) is 1. The largest absolute Gasteiger partial charge is 0.322 e. The first-order chi connectivity index (χ1) is 12.2. The molecule has 2 heterocycles. The second-order valence-electron chi connectivity index (χ2n) is 6.92. The van der Waals surface area contributed by atoms with Crippen molar-refractivity contribution in [1.82, 2.24) is 25.1 Å². The second-order valence-corrected chi connectivity index (χ2v) is 6.92. The Hall–Kier alpha value is -2.35. The maximum atomic E-state index is 14.1. The van der Waals surface area contributed by atoms with E-state index in [2.05, 4.69) is 25.7 Å². The molecule has 132 valence electrons. The molecular formula is C17H21FN6O. The molecule has 0 radical (unpaired) electrons. The van der Waals surface area contributed by atoms with E-state index in [4.69, 9.17) is 0 Å². The van der Waals surface area contributed by atoms with Gasteiger partial charge in [-0.15, -0.1) is 5.10 Å². The molecule has 1 aliphatic carbocycles. The summed E-state index contributed by atoms with van der Waals surface area (Å²) in [5, 5.41) is 13.6. The molecule has 1 saturated carbocycles. The highest BCUT2D eigenvalue weighted by Gasteiger charge is 2.45. The standard InChI is InChI=1S/C17H21FN6O/c18-14-5-4-13(24-12-19-21-22-24)10-15(14)20-16(25)11-23-9-8-17(23)6-2-1-3-7-17/h4-5,10,12H,1-3,6-9,11H2,(H,20,25). The summed E-state index contributed by atoms with van der Waals surface area (Å²) in [7, 11) is 0. The first kappa shape index (κ1) is 16.1. The highest BCUT2D eigenvalue weighted by Crippen LogP contribution is 2.42. The lowest BCUT2D eigenvalue weighted by atomic mass is 9.72. The fourth-order valence-electron chi connectivity index (χ4n) is 4.00.